The first-order valence-corrected chi connectivity index (χ1v) is 5.96. The van der Waals surface area contributed by atoms with E-state index in [1.54, 1.807) is 18.9 Å². The van der Waals surface area contributed by atoms with Gasteiger partial charge in [-0.05, 0) is 12.1 Å². The summed E-state index contributed by atoms with van der Waals surface area (Å²) in [6, 6.07) is 7.89. The number of thioether (sulfide) groups is 1. The molecular formula is C10H15ClN2OS. The van der Waals surface area contributed by atoms with Crippen molar-refractivity contribution < 1.29 is 4.74 Å². The van der Waals surface area contributed by atoms with Crippen LogP contribution in [0.1, 0.15) is 0 Å². The number of ether oxygens (including phenoxy) is 1. The Bertz CT molecular complexity index is 299. The van der Waals surface area contributed by atoms with Gasteiger partial charge in [0, 0.05) is 17.8 Å². The van der Waals surface area contributed by atoms with Crippen molar-refractivity contribution in [1.29, 1.82) is 0 Å². The van der Waals surface area contributed by atoms with Crippen LogP contribution in [0.2, 0.25) is 5.02 Å². The molecule has 0 bridgehead atoms. The second-order valence-corrected chi connectivity index (χ2v) is 4.53. The summed E-state index contributed by atoms with van der Waals surface area (Å²) in [6.45, 7) is 0.591. The minimum Gasteiger partial charge on any atom is -0.383 e. The van der Waals surface area contributed by atoms with Crippen molar-refractivity contribution in [3.63, 3.8) is 0 Å². The van der Waals surface area contributed by atoms with Gasteiger partial charge in [-0.25, -0.2) is 0 Å². The zero-order valence-corrected chi connectivity index (χ0v) is 10.1. The molecule has 3 N–H and O–H groups in total. The fourth-order valence-electron chi connectivity index (χ4n) is 1.10. The predicted octanol–water partition coefficient (Wildman–Crippen LogP) is 1.91. The molecule has 5 heteroatoms. The van der Waals surface area contributed by atoms with E-state index in [4.69, 9.17) is 22.2 Å². The van der Waals surface area contributed by atoms with Crippen LogP contribution in [-0.4, -0.2) is 25.5 Å². The molecule has 0 spiro atoms. The second kappa shape index (κ2) is 7.09. The molecule has 0 heterocycles. The number of rotatable bonds is 6. The van der Waals surface area contributed by atoms with Gasteiger partial charge >= 0.3 is 0 Å². The highest BCUT2D eigenvalue weighted by atomic mass is 35.5. The SMILES string of the molecule is COCC(CSc1ccccc1Cl)NN. The maximum absolute atomic E-state index is 6.02. The van der Waals surface area contributed by atoms with Crippen molar-refractivity contribution in [2.75, 3.05) is 19.5 Å². The number of halogens is 1. The Morgan fingerprint density at radius 3 is 2.87 bits per heavy atom. The third kappa shape index (κ3) is 4.40. The number of hydrogen-bond donors (Lipinski definition) is 2. The molecule has 0 fully saturated rings. The van der Waals surface area contributed by atoms with Crippen LogP contribution in [0.3, 0.4) is 0 Å². The molecule has 0 saturated heterocycles. The van der Waals surface area contributed by atoms with E-state index < -0.39 is 0 Å². The molecule has 0 aliphatic heterocycles. The molecule has 1 aromatic rings. The lowest BCUT2D eigenvalue weighted by Gasteiger charge is -2.14. The normalized spacial score (nSPS) is 12.7. The van der Waals surface area contributed by atoms with Gasteiger partial charge in [0.2, 0.25) is 0 Å². The molecule has 0 aliphatic rings. The molecule has 1 rings (SSSR count). The van der Waals surface area contributed by atoms with Crippen LogP contribution in [0, 0.1) is 0 Å². The van der Waals surface area contributed by atoms with E-state index in [2.05, 4.69) is 5.43 Å². The van der Waals surface area contributed by atoms with Crippen LogP contribution in [0.4, 0.5) is 0 Å². The van der Waals surface area contributed by atoms with Gasteiger partial charge in [0.15, 0.2) is 0 Å². The number of hydrazine groups is 1. The van der Waals surface area contributed by atoms with E-state index in [-0.39, 0.29) is 6.04 Å². The van der Waals surface area contributed by atoms with Crippen LogP contribution >= 0.6 is 23.4 Å². The first kappa shape index (κ1) is 12.8. The third-order valence-corrected chi connectivity index (χ3v) is 3.56. The minimum absolute atomic E-state index is 0.135. The summed E-state index contributed by atoms with van der Waals surface area (Å²) in [5.74, 6) is 6.21. The highest BCUT2D eigenvalue weighted by Crippen LogP contribution is 2.26. The third-order valence-electron chi connectivity index (χ3n) is 1.88. The highest BCUT2D eigenvalue weighted by molar-refractivity contribution is 7.99. The molecule has 1 aromatic carbocycles. The summed E-state index contributed by atoms with van der Waals surface area (Å²) in [5.41, 5.74) is 2.70. The summed E-state index contributed by atoms with van der Waals surface area (Å²) in [6.07, 6.45) is 0. The quantitative estimate of drug-likeness (QED) is 0.457. The van der Waals surface area contributed by atoms with Crippen LogP contribution in [0.5, 0.6) is 0 Å². The zero-order chi connectivity index (χ0) is 11.1. The Balaban J connectivity index is 2.45. The van der Waals surface area contributed by atoms with Gasteiger partial charge in [-0.3, -0.25) is 11.3 Å². The first-order chi connectivity index (χ1) is 7.27. The summed E-state index contributed by atoms with van der Waals surface area (Å²) in [4.78, 5) is 1.07. The van der Waals surface area contributed by atoms with Crippen LogP contribution in [0.25, 0.3) is 0 Å². The van der Waals surface area contributed by atoms with Gasteiger partial charge in [-0.2, -0.15) is 0 Å². The molecular weight excluding hydrogens is 232 g/mol. The Morgan fingerprint density at radius 2 is 2.27 bits per heavy atom. The van der Waals surface area contributed by atoms with Crippen LogP contribution in [0.15, 0.2) is 29.2 Å². The van der Waals surface area contributed by atoms with Crippen LogP contribution in [-0.2, 0) is 4.74 Å². The molecule has 3 nitrogen and oxygen atoms in total. The maximum atomic E-state index is 6.02. The van der Waals surface area contributed by atoms with Crippen molar-refractivity contribution in [2.45, 2.75) is 10.9 Å². The molecule has 15 heavy (non-hydrogen) atoms. The monoisotopic (exact) mass is 246 g/mol. The number of benzene rings is 1. The van der Waals surface area contributed by atoms with E-state index in [0.29, 0.717) is 6.61 Å². The first-order valence-electron chi connectivity index (χ1n) is 4.60. The lowest BCUT2D eigenvalue weighted by molar-refractivity contribution is 0.174. The van der Waals surface area contributed by atoms with Gasteiger partial charge in [0.25, 0.3) is 0 Å². The molecule has 1 unspecified atom stereocenters. The molecule has 84 valence electrons. The van der Waals surface area contributed by atoms with Gasteiger partial charge in [0.05, 0.1) is 17.7 Å². The van der Waals surface area contributed by atoms with E-state index in [0.717, 1.165) is 15.7 Å². The fourth-order valence-corrected chi connectivity index (χ4v) is 2.35. The number of methoxy groups -OCH3 is 1. The molecule has 0 aliphatic carbocycles. The largest absolute Gasteiger partial charge is 0.383 e. The van der Waals surface area contributed by atoms with Crippen molar-refractivity contribution in [3.8, 4) is 0 Å². The molecule has 0 radical (unpaired) electrons. The Morgan fingerprint density at radius 1 is 1.53 bits per heavy atom. The van der Waals surface area contributed by atoms with Gasteiger partial charge in [-0.15, -0.1) is 11.8 Å². The van der Waals surface area contributed by atoms with Crippen molar-refractivity contribution in [3.05, 3.63) is 29.3 Å². The lowest BCUT2D eigenvalue weighted by atomic mass is 10.4. The second-order valence-electron chi connectivity index (χ2n) is 3.06. The van der Waals surface area contributed by atoms with Crippen LogP contribution < -0.4 is 11.3 Å². The summed E-state index contributed by atoms with van der Waals surface area (Å²) >= 11 is 7.69. The standard InChI is InChI=1S/C10H15ClN2OS/c1-14-6-8(13-12)7-15-10-5-3-2-4-9(10)11/h2-5,8,13H,6-7,12H2,1H3. The van der Waals surface area contributed by atoms with Crippen molar-refractivity contribution >= 4 is 23.4 Å². The van der Waals surface area contributed by atoms with E-state index >= 15 is 0 Å². The fraction of sp³-hybridized carbons (Fsp3) is 0.400. The number of nitrogens with one attached hydrogen (secondary N) is 1. The average molecular weight is 247 g/mol. The van der Waals surface area contributed by atoms with Crippen molar-refractivity contribution in [1.82, 2.24) is 5.43 Å². The van der Waals surface area contributed by atoms with E-state index in [9.17, 15) is 0 Å². The topological polar surface area (TPSA) is 47.3 Å². The highest BCUT2D eigenvalue weighted by Gasteiger charge is 2.07. The summed E-state index contributed by atoms with van der Waals surface area (Å²) in [5, 5.41) is 0.774. The Labute approximate surface area is 99.3 Å². The Hall–Kier alpha value is -0.260. The number of hydrogen-bond acceptors (Lipinski definition) is 4. The minimum atomic E-state index is 0.135. The smallest absolute Gasteiger partial charge is 0.0637 e. The maximum Gasteiger partial charge on any atom is 0.0637 e. The lowest BCUT2D eigenvalue weighted by Crippen LogP contribution is -2.40. The van der Waals surface area contributed by atoms with E-state index in [1.165, 1.54) is 0 Å². The van der Waals surface area contributed by atoms with Gasteiger partial charge in [0.1, 0.15) is 0 Å². The summed E-state index contributed by atoms with van der Waals surface area (Å²) in [7, 11) is 1.66. The van der Waals surface area contributed by atoms with Crippen molar-refractivity contribution in [2.24, 2.45) is 5.84 Å². The predicted molar refractivity (Wildman–Crippen MR) is 65.2 cm³/mol. The molecule has 0 saturated carbocycles. The van der Waals surface area contributed by atoms with E-state index in [1.807, 2.05) is 24.3 Å². The molecule has 1 atom stereocenters. The zero-order valence-electron chi connectivity index (χ0n) is 8.57. The van der Waals surface area contributed by atoms with Gasteiger partial charge < -0.3 is 4.74 Å². The van der Waals surface area contributed by atoms with Gasteiger partial charge in [-0.1, -0.05) is 23.7 Å². The number of nitrogens with two attached hydrogens (primary N) is 1. The molecule has 0 amide bonds. The molecule has 0 aromatic heterocycles. The Kier molecular flexibility index (Phi) is 6.05. The average Bonchev–Trinajstić information content (AvgIpc) is 2.26. The summed E-state index contributed by atoms with van der Waals surface area (Å²) < 4.78 is 5.02.